The Morgan fingerprint density at radius 3 is 2.12 bits per heavy atom. The summed E-state index contributed by atoms with van der Waals surface area (Å²) in [5.74, 6) is -0.653. The third kappa shape index (κ3) is 6.67. The summed E-state index contributed by atoms with van der Waals surface area (Å²) in [6, 6.07) is 22.9. The van der Waals surface area contributed by atoms with Gasteiger partial charge in [-0.3, -0.25) is 9.59 Å². The van der Waals surface area contributed by atoms with Crippen molar-refractivity contribution in [2.24, 2.45) is 0 Å². The maximum atomic E-state index is 13.1. The molecule has 3 N–H and O–H groups in total. The summed E-state index contributed by atoms with van der Waals surface area (Å²) < 4.78 is 5.30. The average Bonchev–Trinajstić information content (AvgIpc) is 2.84. The molecule has 0 unspecified atom stereocenters. The van der Waals surface area contributed by atoms with Gasteiger partial charge in [0.05, 0.1) is 0 Å². The number of alkyl carbamates (subject to hydrolysis) is 1. The first-order chi connectivity index (χ1) is 16.0. The molecule has 0 radical (unpaired) electrons. The topological polar surface area (TPSA) is 96.5 Å². The van der Waals surface area contributed by atoms with Gasteiger partial charge in [-0.1, -0.05) is 66.7 Å². The van der Waals surface area contributed by atoms with Gasteiger partial charge in [0.15, 0.2) is 0 Å². The van der Waals surface area contributed by atoms with E-state index >= 15 is 0 Å². The highest BCUT2D eigenvalue weighted by Crippen LogP contribution is 2.19. The molecular formula is C26H27N3O4. The lowest BCUT2D eigenvalue weighted by atomic mass is 10.0. The van der Waals surface area contributed by atoms with Crippen molar-refractivity contribution in [1.82, 2.24) is 10.6 Å². The van der Waals surface area contributed by atoms with E-state index in [4.69, 9.17) is 4.74 Å². The van der Waals surface area contributed by atoms with Crippen molar-refractivity contribution in [3.63, 3.8) is 0 Å². The molecule has 33 heavy (non-hydrogen) atoms. The second-order valence-electron chi connectivity index (χ2n) is 7.49. The van der Waals surface area contributed by atoms with Crippen LogP contribution in [0.1, 0.15) is 27.0 Å². The van der Waals surface area contributed by atoms with E-state index in [0.717, 1.165) is 11.1 Å². The molecule has 3 amide bonds. The van der Waals surface area contributed by atoms with Gasteiger partial charge >= 0.3 is 6.09 Å². The Balaban J connectivity index is 1.74. The maximum absolute atomic E-state index is 13.1. The minimum atomic E-state index is -0.876. The van der Waals surface area contributed by atoms with Crippen LogP contribution in [0.15, 0.2) is 78.9 Å². The Labute approximate surface area is 193 Å². The van der Waals surface area contributed by atoms with E-state index in [9.17, 15) is 14.4 Å². The highest BCUT2D eigenvalue weighted by atomic mass is 16.5. The average molecular weight is 446 g/mol. The molecule has 0 aromatic heterocycles. The van der Waals surface area contributed by atoms with E-state index in [0.29, 0.717) is 16.8 Å². The first kappa shape index (κ1) is 23.5. The van der Waals surface area contributed by atoms with E-state index in [-0.39, 0.29) is 18.9 Å². The number of amides is 3. The lowest BCUT2D eigenvalue weighted by molar-refractivity contribution is -0.118. The summed E-state index contributed by atoms with van der Waals surface area (Å²) >= 11 is 0. The fourth-order valence-electron chi connectivity index (χ4n) is 3.34. The summed E-state index contributed by atoms with van der Waals surface area (Å²) in [6.07, 6.45) is -0.410. The molecular weight excluding hydrogens is 418 g/mol. The number of carbonyl (C=O) groups is 3. The Bertz CT molecular complexity index is 1100. The van der Waals surface area contributed by atoms with Crippen molar-refractivity contribution >= 4 is 23.6 Å². The van der Waals surface area contributed by atoms with Crippen LogP contribution in [-0.4, -0.2) is 31.0 Å². The minimum absolute atomic E-state index is 0.0969. The number of ether oxygens (including phenoxy) is 1. The molecule has 0 spiro atoms. The smallest absolute Gasteiger partial charge is 0.408 e. The standard InChI is InChI=1S/C26H27N3O4/c1-18-21(24(30)27-2)14-9-15-22(18)28-25(31)23(16-19-10-5-3-6-11-19)29-26(32)33-17-20-12-7-4-8-13-20/h3-15,23H,16-17H2,1-2H3,(H,27,30)(H,28,31)(H,29,32)/t23-/m0/s1. The molecule has 7 nitrogen and oxygen atoms in total. The largest absolute Gasteiger partial charge is 0.445 e. The molecule has 0 saturated heterocycles. The summed E-state index contributed by atoms with van der Waals surface area (Å²) in [5.41, 5.74) is 3.33. The van der Waals surface area contributed by atoms with Gasteiger partial charge in [0, 0.05) is 24.7 Å². The Kier molecular flexibility index (Phi) is 8.18. The maximum Gasteiger partial charge on any atom is 0.408 e. The van der Waals surface area contributed by atoms with Crippen molar-refractivity contribution in [2.45, 2.75) is 26.0 Å². The minimum Gasteiger partial charge on any atom is -0.445 e. The molecule has 7 heteroatoms. The highest BCUT2D eigenvalue weighted by Gasteiger charge is 2.23. The number of hydrogen-bond donors (Lipinski definition) is 3. The molecule has 3 rings (SSSR count). The van der Waals surface area contributed by atoms with Gasteiger partial charge in [0.2, 0.25) is 5.91 Å². The van der Waals surface area contributed by atoms with Gasteiger partial charge in [-0.05, 0) is 35.7 Å². The van der Waals surface area contributed by atoms with Gasteiger partial charge < -0.3 is 20.7 Å². The van der Waals surface area contributed by atoms with Gasteiger partial charge in [-0.25, -0.2) is 4.79 Å². The van der Waals surface area contributed by atoms with Crippen LogP contribution in [0.2, 0.25) is 0 Å². The molecule has 0 aliphatic carbocycles. The van der Waals surface area contributed by atoms with Crippen LogP contribution in [0, 0.1) is 6.92 Å². The van der Waals surface area contributed by atoms with Crippen LogP contribution in [-0.2, 0) is 22.6 Å². The first-order valence-corrected chi connectivity index (χ1v) is 10.6. The molecule has 170 valence electrons. The van der Waals surface area contributed by atoms with E-state index < -0.39 is 18.0 Å². The normalized spacial score (nSPS) is 11.2. The summed E-state index contributed by atoms with van der Waals surface area (Å²) in [5, 5.41) is 8.10. The van der Waals surface area contributed by atoms with E-state index in [1.165, 1.54) is 0 Å². The number of benzene rings is 3. The molecule has 3 aromatic rings. The van der Waals surface area contributed by atoms with Gasteiger partial charge in [-0.2, -0.15) is 0 Å². The Morgan fingerprint density at radius 2 is 1.48 bits per heavy atom. The number of hydrogen-bond acceptors (Lipinski definition) is 4. The molecule has 1 atom stereocenters. The molecule has 0 saturated carbocycles. The van der Waals surface area contributed by atoms with Gasteiger partial charge in [-0.15, -0.1) is 0 Å². The number of nitrogens with one attached hydrogen (secondary N) is 3. The van der Waals surface area contributed by atoms with Crippen LogP contribution in [0.3, 0.4) is 0 Å². The molecule has 0 heterocycles. The lowest BCUT2D eigenvalue weighted by Gasteiger charge is -2.20. The molecule has 0 bridgehead atoms. The summed E-state index contributed by atoms with van der Waals surface area (Å²) in [6.45, 7) is 1.85. The van der Waals surface area contributed by atoms with Crippen LogP contribution in [0.25, 0.3) is 0 Å². The molecule has 3 aromatic carbocycles. The lowest BCUT2D eigenvalue weighted by Crippen LogP contribution is -2.45. The molecule has 0 aliphatic heterocycles. The number of anilines is 1. The quantitative estimate of drug-likeness (QED) is 0.491. The van der Waals surface area contributed by atoms with Crippen LogP contribution in [0.4, 0.5) is 10.5 Å². The zero-order valence-electron chi connectivity index (χ0n) is 18.6. The van der Waals surface area contributed by atoms with Gasteiger partial charge in [0.25, 0.3) is 5.91 Å². The number of carbonyl (C=O) groups excluding carboxylic acids is 3. The van der Waals surface area contributed by atoms with Crippen molar-refractivity contribution < 1.29 is 19.1 Å². The second kappa shape index (κ2) is 11.5. The fourth-order valence-corrected chi connectivity index (χ4v) is 3.34. The van der Waals surface area contributed by atoms with Crippen molar-refractivity contribution in [1.29, 1.82) is 0 Å². The number of rotatable bonds is 8. The van der Waals surface area contributed by atoms with E-state index in [2.05, 4.69) is 16.0 Å². The van der Waals surface area contributed by atoms with Gasteiger partial charge in [0.1, 0.15) is 12.6 Å². The molecule has 0 aliphatic rings. The Morgan fingerprint density at radius 1 is 0.848 bits per heavy atom. The molecule has 0 fully saturated rings. The highest BCUT2D eigenvalue weighted by molar-refractivity contribution is 6.01. The van der Waals surface area contributed by atoms with Crippen molar-refractivity contribution in [3.8, 4) is 0 Å². The van der Waals surface area contributed by atoms with E-state index in [1.54, 1.807) is 32.2 Å². The monoisotopic (exact) mass is 445 g/mol. The fraction of sp³-hybridized carbons (Fsp3) is 0.192. The third-order valence-electron chi connectivity index (χ3n) is 5.17. The van der Waals surface area contributed by atoms with Crippen LogP contribution in [0.5, 0.6) is 0 Å². The predicted octanol–water partition coefficient (Wildman–Crippen LogP) is 3.83. The van der Waals surface area contributed by atoms with Crippen LogP contribution < -0.4 is 16.0 Å². The summed E-state index contributed by atoms with van der Waals surface area (Å²) in [4.78, 5) is 37.7. The zero-order chi connectivity index (χ0) is 23.6. The van der Waals surface area contributed by atoms with Crippen molar-refractivity contribution in [3.05, 3.63) is 101 Å². The predicted molar refractivity (Wildman–Crippen MR) is 127 cm³/mol. The zero-order valence-corrected chi connectivity index (χ0v) is 18.6. The SMILES string of the molecule is CNC(=O)c1cccc(NC(=O)[C@H](Cc2ccccc2)NC(=O)OCc2ccccc2)c1C. The van der Waals surface area contributed by atoms with Crippen molar-refractivity contribution in [2.75, 3.05) is 12.4 Å². The Hall–Kier alpha value is -4.13. The van der Waals surface area contributed by atoms with E-state index in [1.807, 2.05) is 60.7 Å². The summed E-state index contributed by atoms with van der Waals surface area (Å²) in [7, 11) is 1.55. The second-order valence-corrected chi connectivity index (χ2v) is 7.49. The first-order valence-electron chi connectivity index (χ1n) is 10.6. The third-order valence-corrected chi connectivity index (χ3v) is 5.17. The van der Waals surface area contributed by atoms with Crippen LogP contribution >= 0.6 is 0 Å².